The van der Waals surface area contributed by atoms with E-state index in [0.29, 0.717) is 12.2 Å². The summed E-state index contributed by atoms with van der Waals surface area (Å²) in [4.78, 5) is 14.1. The van der Waals surface area contributed by atoms with Gasteiger partial charge in [-0.25, -0.2) is 17.9 Å². The quantitative estimate of drug-likeness (QED) is 0.754. The minimum atomic E-state index is -3.84. The summed E-state index contributed by atoms with van der Waals surface area (Å²) < 4.78 is 26.1. The maximum atomic E-state index is 12.3. The highest BCUT2D eigenvalue weighted by Gasteiger charge is 2.19. The van der Waals surface area contributed by atoms with Gasteiger partial charge in [0.1, 0.15) is 0 Å². The van der Waals surface area contributed by atoms with E-state index in [1.54, 1.807) is 0 Å². The predicted octanol–water partition coefficient (Wildman–Crippen LogP) is 3.77. The van der Waals surface area contributed by atoms with Crippen molar-refractivity contribution in [2.45, 2.75) is 46.5 Å². The van der Waals surface area contributed by atoms with E-state index in [9.17, 15) is 13.2 Å². The second-order valence-corrected chi connectivity index (χ2v) is 8.93. The van der Waals surface area contributed by atoms with Crippen LogP contribution in [-0.2, 0) is 10.0 Å². The lowest BCUT2D eigenvalue weighted by Crippen LogP contribution is -2.34. The summed E-state index contributed by atoms with van der Waals surface area (Å²) >= 11 is 0. The number of aryl methyl sites for hydroxylation is 1. The molecule has 0 aliphatic carbocycles. The minimum absolute atomic E-state index is 0.194. The number of nitrogens with one attached hydrogen (secondary N) is 2. The first-order valence-corrected chi connectivity index (χ1v) is 10.3. The number of rotatable bonds is 7. The van der Waals surface area contributed by atoms with Crippen molar-refractivity contribution in [3.05, 3.63) is 40.3 Å². The van der Waals surface area contributed by atoms with Crippen LogP contribution in [0.4, 0.5) is 10.5 Å². The fourth-order valence-electron chi connectivity index (χ4n) is 2.58. The molecule has 0 aliphatic heterocycles. The lowest BCUT2D eigenvalue weighted by Gasteiger charge is -2.21. The van der Waals surface area contributed by atoms with Gasteiger partial charge in [0.25, 0.3) is 10.0 Å². The Morgan fingerprint density at radius 3 is 2.04 bits per heavy atom. The molecule has 0 saturated carbocycles. The Balaban J connectivity index is 3.07. The third-order valence-corrected chi connectivity index (χ3v) is 4.83. The van der Waals surface area contributed by atoms with Crippen molar-refractivity contribution in [1.29, 1.82) is 0 Å². The Bertz CT molecular complexity index is 737. The van der Waals surface area contributed by atoms with Crippen molar-refractivity contribution in [3.63, 3.8) is 0 Å². The molecule has 2 amide bonds. The molecule has 0 saturated heterocycles. The monoisotopic (exact) mass is 381 g/mol. The summed E-state index contributed by atoms with van der Waals surface area (Å²) in [5, 5.41) is 3.76. The van der Waals surface area contributed by atoms with Gasteiger partial charge in [-0.2, -0.15) is 0 Å². The van der Waals surface area contributed by atoms with Crippen LogP contribution < -0.4 is 10.0 Å². The lowest BCUT2D eigenvalue weighted by atomic mass is 9.90. The molecule has 6 nitrogen and oxygen atoms in total. The number of sulfonamides is 1. The zero-order valence-electron chi connectivity index (χ0n) is 16.8. The Morgan fingerprint density at radius 2 is 1.62 bits per heavy atom. The van der Waals surface area contributed by atoms with E-state index in [-0.39, 0.29) is 11.8 Å². The number of urea groups is 1. The second-order valence-electron chi connectivity index (χ2n) is 7.36. The third-order valence-electron chi connectivity index (χ3n) is 3.81. The molecule has 26 heavy (non-hydrogen) atoms. The average molecular weight is 382 g/mol. The van der Waals surface area contributed by atoms with Crippen molar-refractivity contribution in [3.8, 4) is 0 Å². The first-order chi connectivity index (χ1) is 11.9. The molecule has 0 radical (unpaired) electrons. The van der Waals surface area contributed by atoms with Gasteiger partial charge in [-0.05, 0) is 44.0 Å². The van der Waals surface area contributed by atoms with Gasteiger partial charge in [-0.15, -0.1) is 0 Å². The Kier molecular flexibility index (Phi) is 7.84. The minimum Gasteiger partial charge on any atom is -0.307 e. The summed E-state index contributed by atoms with van der Waals surface area (Å²) in [6.45, 7) is 10.7. The molecule has 146 valence electrons. The first kappa shape index (κ1) is 22.2. The summed E-state index contributed by atoms with van der Waals surface area (Å²) in [7, 11) is -0.183. The van der Waals surface area contributed by atoms with Gasteiger partial charge in [0.2, 0.25) is 0 Å². The number of likely N-dealkylation sites (N-methyl/N-ethyl adjacent to an activating group) is 1. The Labute approximate surface area is 157 Å². The molecule has 0 spiro atoms. The number of hydrogen-bond donors (Lipinski definition) is 2. The van der Waals surface area contributed by atoms with Crippen LogP contribution in [0.2, 0.25) is 0 Å². The van der Waals surface area contributed by atoms with Crippen LogP contribution in [-0.4, -0.2) is 40.0 Å². The van der Waals surface area contributed by atoms with E-state index in [2.05, 4.69) is 5.32 Å². The number of carbonyl (C=O) groups is 1. The second kappa shape index (κ2) is 9.19. The molecule has 0 aromatic heterocycles. The standard InChI is InChI=1S/C19H31N3O3S/c1-13(2)16-11-15(5)12-17(14(3)4)18(16)20-19(23)21-26(24,25)10-8-9-22(6)7/h8,10-14H,9H2,1-7H3,(H2,20,21,23)/b10-8+. The number of hydrogen-bond acceptors (Lipinski definition) is 4. The van der Waals surface area contributed by atoms with Crippen LogP contribution in [0.1, 0.15) is 56.2 Å². The van der Waals surface area contributed by atoms with Gasteiger partial charge < -0.3 is 10.2 Å². The van der Waals surface area contributed by atoms with E-state index < -0.39 is 16.1 Å². The summed E-state index contributed by atoms with van der Waals surface area (Å²) in [6.07, 6.45) is 1.49. The van der Waals surface area contributed by atoms with E-state index in [0.717, 1.165) is 22.1 Å². The van der Waals surface area contributed by atoms with E-state index in [4.69, 9.17) is 0 Å². The maximum absolute atomic E-state index is 12.3. The molecule has 1 aromatic carbocycles. The molecule has 0 unspecified atom stereocenters. The first-order valence-electron chi connectivity index (χ1n) is 8.72. The van der Waals surface area contributed by atoms with Crippen LogP contribution in [0.3, 0.4) is 0 Å². The van der Waals surface area contributed by atoms with Gasteiger partial charge in [-0.1, -0.05) is 51.5 Å². The van der Waals surface area contributed by atoms with Crippen LogP contribution in [0, 0.1) is 6.92 Å². The zero-order valence-corrected chi connectivity index (χ0v) is 17.6. The van der Waals surface area contributed by atoms with Crippen LogP contribution in [0.5, 0.6) is 0 Å². The van der Waals surface area contributed by atoms with Gasteiger partial charge >= 0.3 is 6.03 Å². The molecule has 0 atom stereocenters. The smallest absolute Gasteiger partial charge is 0.307 e. The molecular formula is C19H31N3O3S. The number of anilines is 1. The van der Waals surface area contributed by atoms with Crippen molar-refractivity contribution in [2.24, 2.45) is 0 Å². The van der Waals surface area contributed by atoms with E-state index >= 15 is 0 Å². The number of carbonyl (C=O) groups excluding carboxylic acids is 1. The van der Waals surface area contributed by atoms with Crippen LogP contribution in [0.25, 0.3) is 0 Å². The van der Waals surface area contributed by atoms with Crippen LogP contribution in [0.15, 0.2) is 23.6 Å². The van der Waals surface area contributed by atoms with Crippen molar-refractivity contribution >= 4 is 21.7 Å². The van der Waals surface area contributed by atoms with Gasteiger partial charge in [-0.3, -0.25) is 0 Å². The highest BCUT2D eigenvalue weighted by Crippen LogP contribution is 2.33. The zero-order chi connectivity index (χ0) is 20.1. The average Bonchev–Trinajstić information content (AvgIpc) is 2.46. The lowest BCUT2D eigenvalue weighted by molar-refractivity contribution is 0.256. The van der Waals surface area contributed by atoms with Gasteiger partial charge in [0.15, 0.2) is 0 Å². The van der Waals surface area contributed by atoms with Crippen molar-refractivity contribution in [1.82, 2.24) is 9.62 Å². The molecule has 7 heteroatoms. The van der Waals surface area contributed by atoms with Crippen molar-refractivity contribution in [2.75, 3.05) is 26.0 Å². The number of nitrogens with zero attached hydrogens (tertiary/aromatic N) is 1. The number of benzene rings is 1. The number of amides is 2. The highest BCUT2D eigenvalue weighted by molar-refractivity contribution is 7.92. The summed E-state index contributed by atoms with van der Waals surface area (Å²) in [5.41, 5.74) is 3.78. The summed E-state index contributed by atoms with van der Waals surface area (Å²) in [5.74, 6) is 0.388. The Morgan fingerprint density at radius 1 is 1.12 bits per heavy atom. The van der Waals surface area contributed by atoms with E-state index in [1.807, 2.05) is 70.5 Å². The fraction of sp³-hybridized carbons (Fsp3) is 0.526. The van der Waals surface area contributed by atoms with Crippen LogP contribution >= 0.6 is 0 Å². The molecule has 2 N–H and O–H groups in total. The van der Waals surface area contributed by atoms with E-state index in [1.165, 1.54) is 6.08 Å². The van der Waals surface area contributed by atoms with Gasteiger partial charge in [0.05, 0.1) is 0 Å². The highest BCUT2D eigenvalue weighted by atomic mass is 32.2. The SMILES string of the molecule is Cc1cc(C(C)C)c(NC(=O)NS(=O)(=O)/C=C/CN(C)C)c(C(C)C)c1. The molecule has 1 aromatic rings. The molecule has 0 fully saturated rings. The fourth-order valence-corrected chi connectivity index (χ4v) is 3.30. The third kappa shape index (κ3) is 6.80. The van der Waals surface area contributed by atoms with Crippen molar-refractivity contribution < 1.29 is 13.2 Å². The maximum Gasteiger partial charge on any atom is 0.333 e. The predicted molar refractivity (Wildman–Crippen MR) is 108 cm³/mol. The largest absolute Gasteiger partial charge is 0.333 e. The Hall–Kier alpha value is -1.86. The molecular weight excluding hydrogens is 350 g/mol. The molecule has 1 rings (SSSR count). The topological polar surface area (TPSA) is 78.5 Å². The summed E-state index contributed by atoms with van der Waals surface area (Å²) in [6, 6.07) is 3.29. The molecule has 0 aliphatic rings. The molecule has 0 heterocycles. The normalized spacial score (nSPS) is 12.4. The van der Waals surface area contributed by atoms with Gasteiger partial charge in [0, 0.05) is 17.6 Å². The molecule has 0 bridgehead atoms.